The third-order valence-corrected chi connectivity index (χ3v) is 3.86. The van der Waals surface area contributed by atoms with Crippen LogP contribution in [0, 0.1) is 5.92 Å². The van der Waals surface area contributed by atoms with Crippen molar-refractivity contribution in [1.82, 2.24) is 4.90 Å². The van der Waals surface area contributed by atoms with Crippen LogP contribution in [0.5, 0.6) is 0 Å². The van der Waals surface area contributed by atoms with E-state index in [0.717, 1.165) is 38.4 Å². The van der Waals surface area contributed by atoms with Gasteiger partial charge in [-0.1, -0.05) is 25.7 Å². The standard InChI is InChI=1S/C12H24N2O/c13-11-5-6-14(8-11)9-12(15)7-10-3-1-2-4-10/h10-12,15H,1-9,13H2/t11-,12?/m1/s1. The topological polar surface area (TPSA) is 49.5 Å². The smallest absolute Gasteiger partial charge is 0.0669 e. The summed E-state index contributed by atoms with van der Waals surface area (Å²) in [5.74, 6) is 0.788. The third-order valence-electron chi connectivity index (χ3n) is 3.86. The molecule has 0 amide bonds. The molecular weight excluding hydrogens is 188 g/mol. The quantitative estimate of drug-likeness (QED) is 0.730. The second-order valence-electron chi connectivity index (χ2n) is 5.35. The molecule has 0 aromatic heterocycles. The Kier molecular flexibility index (Phi) is 4.00. The lowest BCUT2D eigenvalue weighted by Crippen LogP contribution is -2.33. The molecular formula is C12H24N2O. The lowest BCUT2D eigenvalue weighted by Gasteiger charge is -2.21. The first-order valence-corrected chi connectivity index (χ1v) is 6.40. The minimum Gasteiger partial charge on any atom is -0.392 e. The van der Waals surface area contributed by atoms with Gasteiger partial charge in [-0.3, -0.25) is 4.90 Å². The van der Waals surface area contributed by atoms with Crippen molar-refractivity contribution in [2.75, 3.05) is 19.6 Å². The Hall–Kier alpha value is -0.120. The number of aliphatic hydroxyl groups excluding tert-OH is 1. The highest BCUT2D eigenvalue weighted by Gasteiger charge is 2.24. The molecule has 0 radical (unpaired) electrons. The zero-order chi connectivity index (χ0) is 10.7. The number of nitrogens with two attached hydrogens (primary N) is 1. The number of aliphatic hydroxyl groups is 1. The van der Waals surface area contributed by atoms with Gasteiger partial charge in [0.05, 0.1) is 6.10 Å². The van der Waals surface area contributed by atoms with Gasteiger partial charge in [0.25, 0.3) is 0 Å². The molecule has 88 valence electrons. The summed E-state index contributed by atoms with van der Waals surface area (Å²) in [5.41, 5.74) is 5.84. The SMILES string of the molecule is N[C@@H]1CCN(CC(O)CC2CCCC2)C1. The summed E-state index contributed by atoms with van der Waals surface area (Å²) >= 11 is 0. The fourth-order valence-corrected chi connectivity index (χ4v) is 3.03. The number of likely N-dealkylation sites (tertiary alicyclic amines) is 1. The molecule has 3 nitrogen and oxygen atoms in total. The molecule has 0 aromatic carbocycles. The lowest BCUT2D eigenvalue weighted by molar-refractivity contribution is 0.101. The van der Waals surface area contributed by atoms with Gasteiger partial charge in [-0.05, 0) is 25.3 Å². The van der Waals surface area contributed by atoms with Crippen molar-refractivity contribution in [2.45, 2.75) is 50.7 Å². The molecule has 3 heteroatoms. The predicted molar refractivity (Wildman–Crippen MR) is 61.6 cm³/mol. The largest absolute Gasteiger partial charge is 0.392 e. The molecule has 2 fully saturated rings. The van der Waals surface area contributed by atoms with E-state index in [9.17, 15) is 5.11 Å². The Morgan fingerprint density at radius 2 is 2.00 bits per heavy atom. The van der Waals surface area contributed by atoms with Crippen LogP contribution < -0.4 is 5.73 Å². The Balaban J connectivity index is 1.65. The molecule has 1 heterocycles. The van der Waals surface area contributed by atoms with E-state index in [4.69, 9.17) is 5.73 Å². The summed E-state index contributed by atoms with van der Waals surface area (Å²) in [6.07, 6.45) is 7.37. The van der Waals surface area contributed by atoms with Crippen LogP contribution in [-0.4, -0.2) is 41.8 Å². The van der Waals surface area contributed by atoms with Gasteiger partial charge < -0.3 is 10.8 Å². The van der Waals surface area contributed by atoms with Crippen molar-refractivity contribution in [3.8, 4) is 0 Å². The van der Waals surface area contributed by atoms with Crippen molar-refractivity contribution in [3.63, 3.8) is 0 Å². The molecule has 3 N–H and O–H groups in total. The van der Waals surface area contributed by atoms with Crippen molar-refractivity contribution in [1.29, 1.82) is 0 Å². The van der Waals surface area contributed by atoms with Gasteiger partial charge in [-0.15, -0.1) is 0 Å². The van der Waals surface area contributed by atoms with Crippen LogP contribution in [0.3, 0.4) is 0 Å². The average molecular weight is 212 g/mol. The van der Waals surface area contributed by atoms with Crippen LogP contribution in [0.2, 0.25) is 0 Å². The van der Waals surface area contributed by atoms with Crippen molar-refractivity contribution >= 4 is 0 Å². The normalized spacial score (nSPS) is 31.2. The van der Waals surface area contributed by atoms with Crippen LogP contribution >= 0.6 is 0 Å². The molecule has 1 unspecified atom stereocenters. The van der Waals surface area contributed by atoms with Crippen LogP contribution in [-0.2, 0) is 0 Å². The summed E-state index contributed by atoms with van der Waals surface area (Å²) in [6, 6.07) is 0.337. The van der Waals surface area contributed by atoms with E-state index in [2.05, 4.69) is 4.90 Å². The molecule has 0 aromatic rings. The van der Waals surface area contributed by atoms with Gasteiger partial charge in [0, 0.05) is 19.1 Å². The van der Waals surface area contributed by atoms with Crippen LogP contribution in [0.15, 0.2) is 0 Å². The molecule has 2 rings (SSSR count). The highest BCUT2D eigenvalue weighted by Crippen LogP contribution is 2.28. The first-order chi connectivity index (χ1) is 7.24. The van der Waals surface area contributed by atoms with Crippen LogP contribution in [0.25, 0.3) is 0 Å². The maximum absolute atomic E-state index is 9.97. The first kappa shape index (κ1) is 11.4. The summed E-state index contributed by atoms with van der Waals surface area (Å²) < 4.78 is 0. The number of rotatable bonds is 4. The highest BCUT2D eigenvalue weighted by atomic mass is 16.3. The van der Waals surface area contributed by atoms with E-state index in [0.29, 0.717) is 6.04 Å². The Morgan fingerprint density at radius 3 is 2.60 bits per heavy atom. The van der Waals surface area contributed by atoms with Gasteiger partial charge >= 0.3 is 0 Å². The number of β-amino-alcohol motifs (C(OH)–C–C–N with tert-alkyl or cyclic N) is 1. The monoisotopic (exact) mass is 212 g/mol. The molecule has 1 aliphatic heterocycles. The van der Waals surface area contributed by atoms with Gasteiger partial charge in [0.15, 0.2) is 0 Å². The Bertz CT molecular complexity index is 192. The fraction of sp³-hybridized carbons (Fsp3) is 1.00. The van der Waals surface area contributed by atoms with Gasteiger partial charge in [-0.25, -0.2) is 0 Å². The van der Waals surface area contributed by atoms with Gasteiger partial charge in [0.2, 0.25) is 0 Å². The lowest BCUT2D eigenvalue weighted by atomic mass is 10.00. The first-order valence-electron chi connectivity index (χ1n) is 6.40. The molecule has 1 saturated heterocycles. The van der Waals surface area contributed by atoms with E-state index >= 15 is 0 Å². The Labute approximate surface area is 92.6 Å². The molecule has 0 bridgehead atoms. The zero-order valence-electron chi connectivity index (χ0n) is 9.57. The maximum atomic E-state index is 9.97. The summed E-state index contributed by atoms with van der Waals surface area (Å²) in [7, 11) is 0. The molecule has 2 aliphatic rings. The third kappa shape index (κ3) is 3.44. The second-order valence-corrected chi connectivity index (χ2v) is 5.35. The average Bonchev–Trinajstić information content (AvgIpc) is 2.77. The van der Waals surface area contributed by atoms with Crippen molar-refractivity contribution in [2.24, 2.45) is 11.7 Å². The van der Waals surface area contributed by atoms with E-state index < -0.39 is 0 Å². The molecule has 0 spiro atoms. The predicted octanol–water partition coefficient (Wildman–Crippen LogP) is 0.961. The second kappa shape index (κ2) is 5.28. The maximum Gasteiger partial charge on any atom is 0.0669 e. The summed E-state index contributed by atoms with van der Waals surface area (Å²) in [5, 5.41) is 9.97. The number of nitrogens with zero attached hydrogens (tertiary/aromatic N) is 1. The Morgan fingerprint density at radius 1 is 1.27 bits per heavy atom. The van der Waals surface area contributed by atoms with E-state index in [1.165, 1.54) is 25.7 Å². The zero-order valence-corrected chi connectivity index (χ0v) is 9.57. The molecule has 1 saturated carbocycles. The van der Waals surface area contributed by atoms with Crippen molar-refractivity contribution < 1.29 is 5.11 Å². The summed E-state index contributed by atoms with van der Waals surface area (Å²) in [6.45, 7) is 2.88. The number of hydrogen-bond acceptors (Lipinski definition) is 3. The van der Waals surface area contributed by atoms with E-state index in [-0.39, 0.29) is 6.10 Å². The number of hydrogen-bond donors (Lipinski definition) is 2. The molecule has 2 atom stereocenters. The minimum atomic E-state index is -0.126. The van der Waals surface area contributed by atoms with Crippen LogP contribution in [0.4, 0.5) is 0 Å². The molecule has 1 aliphatic carbocycles. The van der Waals surface area contributed by atoms with Gasteiger partial charge in [-0.2, -0.15) is 0 Å². The summed E-state index contributed by atoms with van der Waals surface area (Å²) in [4.78, 5) is 2.31. The van der Waals surface area contributed by atoms with Crippen LogP contribution in [0.1, 0.15) is 38.5 Å². The van der Waals surface area contributed by atoms with E-state index in [1.807, 2.05) is 0 Å². The fourth-order valence-electron chi connectivity index (χ4n) is 3.03. The van der Waals surface area contributed by atoms with Gasteiger partial charge in [0.1, 0.15) is 0 Å². The minimum absolute atomic E-state index is 0.126. The highest BCUT2D eigenvalue weighted by molar-refractivity contribution is 4.80. The molecule has 15 heavy (non-hydrogen) atoms. The van der Waals surface area contributed by atoms with Crippen molar-refractivity contribution in [3.05, 3.63) is 0 Å². The van der Waals surface area contributed by atoms with E-state index in [1.54, 1.807) is 0 Å².